The van der Waals surface area contributed by atoms with Crippen molar-refractivity contribution in [1.29, 1.82) is 0 Å². The van der Waals surface area contributed by atoms with Crippen molar-refractivity contribution in [3.8, 4) is 0 Å². The second kappa shape index (κ2) is 7.25. The van der Waals surface area contributed by atoms with E-state index in [-0.39, 0.29) is 23.6 Å². The maximum Gasteiger partial charge on any atom is 0.264 e. The number of rotatable bonds is 4. The number of piperidine rings is 1. The standard InChI is InChI=1S/C18H25N3O3S/c1-12(22)15-6-7-16(25-15)18(24)21-9-13-4-5-14(21)10-20(8-13)11-17(23)19(2)3/h6-7,13-14H,4-5,8-11H2,1-3H3/t13-,14+/m1/s1. The Balaban J connectivity index is 1.72. The van der Waals surface area contributed by atoms with Gasteiger partial charge < -0.3 is 9.80 Å². The van der Waals surface area contributed by atoms with Crippen LogP contribution in [0, 0.1) is 5.92 Å². The summed E-state index contributed by atoms with van der Waals surface area (Å²) in [5, 5.41) is 0. The molecular weight excluding hydrogens is 338 g/mol. The molecule has 4 rings (SSSR count). The summed E-state index contributed by atoms with van der Waals surface area (Å²) in [4.78, 5) is 43.5. The molecule has 3 saturated heterocycles. The van der Waals surface area contributed by atoms with E-state index in [1.807, 2.05) is 4.90 Å². The van der Waals surface area contributed by atoms with Crippen LogP contribution in [0.25, 0.3) is 0 Å². The predicted molar refractivity (Wildman–Crippen MR) is 97.0 cm³/mol. The van der Waals surface area contributed by atoms with Gasteiger partial charge in [-0.2, -0.15) is 0 Å². The fourth-order valence-electron chi connectivity index (χ4n) is 3.67. The predicted octanol–water partition coefficient (Wildman–Crippen LogP) is 1.58. The number of likely N-dealkylation sites (N-methyl/N-ethyl adjacent to an activating group) is 1. The van der Waals surface area contributed by atoms with Crippen LogP contribution in [0.2, 0.25) is 0 Å². The van der Waals surface area contributed by atoms with E-state index in [0.717, 1.165) is 32.5 Å². The highest BCUT2D eigenvalue weighted by atomic mass is 32.1. The van der Waals surface area contributed by atoms with Gasteiger partial charge in [0.05, 0.1) is 16.3 Å². The fourth-order valence-corrected chi connectivity index (χ4v) is 4.53. The van der Waals surface area contributed by atoms with E-state index < -0.39 is 0 Å². The Morgan fingerprint density at radius 2 is 1.84 bits per heavy atom. The van der Waals surface area contributed by atoms with E-state index in [1.54, 1.807) is 31.1 Å². The number of hydrogen-bond donors (Lipinski definition) is 0. The van der Waals surface area contributed by atoms with E-state index in [0.29, 0.717) is 22.2 Å². The molecule has 3 aliphatic rings. The largest absolute Gasteiger partial charge is 0.348 e. The van der Waals surface area contributed by atoms with Crippen molar-refractivity contribution < 1.29 is 14.4 Å². The van der Waals surface area contributed by atoms with E-state index in [1.165, 1.54) is 18.3 Å². The Morgan fingerprint density at radius 3 is 2.48 bits per heavy atom. The zero-order valence-electron chi connectivity index (χ0n) is 15.0. The van der Waals surface area contributed by atoms with Crippen LogP contribution in [0.5, 0.6) is 0 Å². The average molecular weight is 363 g/mol. The highest BCUT2D eigenvalue weighted by molar-refractivity contribution is 7.15. The van der Waals surface area contributed by atoms with Crippen LogP contribution in [0.15, 0.2) is 12.1 Å². The molecule has 0 unspecified atom stereocenters. The van der Waals surface area contributed by atoms with Crippen LogP contribution in [-0.2, 0) is 4.79 Å². The summed E-state index contributed by atoms with van der Waals surface area (Å²) in [7, 11) is 3.54. The van der Waals surface area contributed by atoms with Gasteiger partial charge in [0.1, 0.15) is 0 Å². The molecule has 2 amide bonds. The number of thiophene rings is 1. The Kier molecular flexibility index (Phi) is 5.24. The molecule has 1 aromatic rings. The second-order valence-corrected chi connectivity index (χ2v) is 8.34. The first kappa shape index (κ1) is 18.1. The average Bonchev–Trinajstić information content (AvgIpc) is 2.90. The topological polar surface area (TPSA) is 60.9 Å². The van der Waals surface area contributed by atoms with Gasteiger partial charge in [-0.15, -0.1) is 11.3 Å². The lowest BCUT2D eigenvalue weighted by Crippen LogP contribution is -2.47. The normalized spacial score (nSPS) is 23.4. The van der Waals surface area contributed by atoms with Gasteiger partial charge in [0, 0.05) is 39.8 Å². The molecule has 6 nitrogen and oxygen atoms in total. The van der Waals surface area contributed by atoms with Crippen molar-refractivity contribution in [2.24, 2.45) is 5.92 Å². The zero-order valence-corrected chi connectivity index (χ0v) is 15.8. The zero-order chi connectivity index (χ0) is 18.1. The molecule has 0 radical (unpaired) electrons. The summed E-state index contributed by atoms with van der Waals surface area (Å²) in [5.74, 6) is 0.524. The SMILES string of the molecule is CC(=O)c1ccc(C(=O)N2C[C@@H]3CC[C@H]2CN(CC(=O)N(C)C)C3)s1. The van der Waals surface area contributed by atoms with Crippen LogP contribution in [0.3, 0.4) is 0 Å². The highest BCUT2D eigenvalue weighted by Gasteiger charge is 2.38. The molecule has 136 valence electrons. The minimum atomic E-state index is -0.00481. The van der Waals surface area contributed by atoms with Crippen molar-refractivity contribution in [3.63, 3.8) is 0 Å². The number of carbonyl (C=O) groups excluding carboxylic acids is 3. The first-order valence-electron chi connectivity index (χ1n) is 8.69. The number of nitrogens with zero attached hydrogens (tertiary/aromatic N) is 3. The first-order chi connectivity index (χ1) is 11.8. The molecule has 0 spiro atoms. The minimum Gasteiger partial charge on any atom is -0.348 e. The summed E-state index contributed by atoms with van der Waals surface area (Å²) in [6.45, 7) is 4.28. The summed E-state index contributed by atoms with van der Waals surface area (Å²) in [6.07, 6.45) is 2.08. The Morgan fingerprint density at radius 1 is 1.12 bits per heavy atom. The van der Waals surface area contributed by atoms with Gasteiger partial charge in [-0.05, 0) is 37.8 Å². The van der Waals surface area contributed by atoms with Crippen LogP contribution in [0.4, 0.5) is 0 Å². The lowest BCUT2D eigenvalue weighted by Gasteiger charge is -2.36. The monoisotopic (exact) mass is 363 g/mol. The Labute approximate surface area is 152 Å². The summed E-state index contributed by atoms with van der Waals surface area (Å²) >= 11 is 1.28. The van der Waals surface area contributed by atoms with Gasteiger partial charge in [0.2, 0.25) is 5.91 Å². The van der Waals surface area contributed by atoms with Crippen molar-refractivity contribution in [3.05, 3.63) is 21.9 Å². The fraction of sp³-hybridized carbons (Fsp3) is 0.611. The number of carbonyl (C=O) groups is 3. The van der Waals surface area contributed by atoms with Crippen molar-refractivity contribution in [2.75, 3.05) is 40.3 Å². The Bertz CT molecular complexity index is 685. The summed E-state index contributed by atoms with van der Waals surface area (Å²) < 4.78 is 0. The van der Waals surface area contributed by atoms with Gasteiger partial charge in [0.25, 0.3) is 5.91 Å². The molecule has 1 aromatic heterocycles. The van der Waals surface area contributed by atoms with Crippen molar-refractivity contribution in [1.82, 2.24) is 14.7 Å². The Hall–Kier alpha value is -1.73. The van der Waals surface area contributed by atoms with Gasteiger partial charge in [-0.1, -0.05) is 0 Å². The molecule has 25 heavy (non-hydrogen) atoms. The van der Waals surface area contributed by atoms with E-state index >= 15 is 0 Å². The molecule has 2 bridgehead atoms. The molecule has 0 saturated carbocycles. The van der Waals surface area contributed by atoms with Crippen LogP contribution < -0.4 is 0 Å². The molecule has 0 N–H and O–H groups in total. The maximum absolute atomic E-state index is 12.9. The van der Waals surface area contributed by atoms with Gasteiger partial charge in [-0.25, -0.2) is 0 Å². The van der Waals surface area contributed by atoms with Gasteiger partial charge in [0.15, 0.2) is 5.78 Å². The van der Waals surface area contributed by atoms with Gasteiger partial charge >= 0.3 is 0 Å². The van der Waals surface area contributed by atoms with Crippen LogP contribution in [0.1, 0.15) is 39.1 Å². The third kappa shape index (κ3) is 3.93. The van der Waals surface area contributed by atoms with Crippen molar-refractivity contribution in [2.45, 2.75) is 25.8 Å². The molecule has 3 fully saturated rings. The lowest BCUT2D eigenvalue weighted by atomic mass is 9.95. The molecule has 0 aliphatic carbocycles. The number of hydrogen-bond acceptors (Lipinski definition) is 5. The molecule has 0 aromatic carbocycles. The van der Waals surface area contributed by atoms with E-state index in [4.69, 9.17) is 0 Å². The smallest absolute Gasteiger partial charge is 0.264 e. The van der Waals surface area contributed by atoms with Crippen LogP contribution >= 0.6 is 11.3 Å². The second-order valence-electron chi connectivity index (χ2n) is 7.26. The van der Waals surface area contributed by atoms with Gasteiger partial charge in [-0.3, -0.25) is 19.3 Å². The molecular formula is C18H25N3O3S. The van der Waals surface area contributed by atoms with Crippen LogP contribution in [-0.4, -0.2) is 78.6 Å². The quantitative estimate of drug-likeness (QED) is 0.762. The number of fused-ring (bicyclic) bond motifs is 4. The molecule has 2 atom stereocenters. The molecule has 3 aliphatic heterocycles. The first-order valence-corrected chi connectivity index (χ1v) is 9.51. The summed E-state index contributed by atoms with van der Waals surface area (Å²) in [5.41, 5.74) is 0. The minimum absolute atomic E-state index is 0.00481. The highest BCUT2D eigenvalue weighted by Crippen LogP contribution is 2.30. The number of amides is 2. The third-order valence-corrected chi connectivity index (χ3v) is 6.25. The van der Waals surface area contributed by atoms with E-state index in [9.17, 15) is 14.4 Å². The third-order valence-electron chi connectivity index (χ3n) is 5.07. The number of ketones is 1. The van der Waals surface area contributed by atoms with Crippen molar-refractivity contribution >= 4 is 28.9 Å². The molecule has 4 heterocycles. The maximum atomic E-state index is 12.9. The van der Waals surface area contributed by atoms with E-state index in [2.05, 4.69) is 4.90 Å². The lowest BCUT2D eigenvalue weighted by molar-refractivity contribution is -0.129. The summed E-state index contributed by atoms with van der Waals surface area (Å²) in [6, 6.07) is 3.64. The number of Topliss-reactive ketones (excluding diaryl/α,β-unsaturated/α-hetero) is 1. The molecule has 7 heteroatoms.